The SMILES string of the molecule is COc1ccc(C#N)c(OC2CCC(C)CC2)c1. The highest BCUT2D eigenvalue weighted by Gasteiger charge is 2.20. The molecule has 0 spiro atoms. The topological polar surface area (TPSA) is 42.2 Å². The van der Waals surface area contributed by atoms with Crippen molar-refractivity contribution < 1.29 is 9.47 Å². The maximum Gasteiger partial charge on any atom is 0.141 e. The highest BCUT2D eigenvalue weighted by atomic mass is 16.5. The predicted molar refractivity (Wildman–Crippen MR) is 69.8 cm³/mol. The van der Waals surface area contributed by atoms with Crippen molar-refractivity contribution in [1.82, 2.24) is 0 Å². The molecule has 96 valence electrons. The molecule has 0 atom stereocenters. The standard InChI is InChI=1S/C15H19NO2/c1-11-3-6-13(7-4-11)18-15-9-14(17-2)8-5-12(15)10-16/h5,8-9,11,13H,3-4,6-7H2,1-2H3. The zero-order valence-electron chi connectivity index (χ0n) is 11.0. The average Bonchev–Trinajstić information content (AvgIpc) is 2.41. The Balaban J connectivity index is 2.10. The minimum absolute atomic E-state index is 0.236. The molecule has 1 fully saturated rings. The van der Waals surface area contributed by atoms with Crippen molar-refractivity contribution in [1.29, 1.82) is 5.26 Å². The van der Waals surface area contributed by atoms with E-state index in [4.69, 9.17) is 14.7 Å². The van der Waals surface area contributed by atoms with Gasteiger partial charge in [0.25, 0.3) is 0 Å². The molecule has 0 heterocycles. The van der Waals surface area contributed by atoms with Crippen molar-refractivity contribution >= 4 is 0 Å². The van der Waals surface area contributed by atoms with Gasteiger partial charge < -0.3 is 9.47 Å². The van der Waals surface area contributed by atoms with E-state index in [0.717, 1.165) is 24.5 Å². The molecular formula is C15H19NO2. The number of hydrogen-bond acceptors (Lipinski definition) is 3. The Labute approximate surface area is 108 Å². The highest BCUT2D eigenvalue weighted by molar-refractivity contribution is 5.47. The maximum atomic E-state index is 9.08. The van der Waals surface area contributed by atoms with E-state index in [1.165, 1.54) is 12.8 Å². The maximum absolute atomic E-state index is 9.08. The van der Waals surface area contributed by atoms with E-state index >= 15 is 0 Å². The van der Waals surface area contributed by atoms with Crippen LogP contribution in [0, 0.1) is 17.2 Å². The second kappa shape index (κ2) is 5.77. The van der Waals surface area contributed by atoms with E-state index in [1.807, 2.05) is 0 Å². The van der Waals surface area contributed by atoms with E-state index in [9.17, 15) is 0 Å². The average molecular weight is 245 g/mol. The van der Waals surface area contributed by atoms with E-state index in [0.29, 0.717) is 11.3 Å². The molecule has 0 saturated heterocycles. The van der Waals surface area contributed by atoms with E-state index in [-0.39, 0.29) is 6.10 Å². The van der Waals surface area contributed by atoms with Crippen LogP contribution in [0.5, 0.6) is 11.5 Å². The highest BCUT2D eigenvalue weighted by Crippen LogP contribution is 2.30. The number of ether oxygens (including phenoxy) is 2. The Bertz CT molecular complexity index is 442. The Morgan fingerprint density at radius 2 is 1.94 bits per heavy atom. The van der Waals surface area contributed by atoms with Gasteiger partial charge in [-0.3, -0.25) is 0 Å². The summed E-state index contributed by atoms with van der Waals surface area (Å²) in [5, 5.41) is 9.08. The molecule has 18 heavy (non-hydrogen) atoms. The van der Waals surface area contributed by atoms with Crippen LogP contribution in [-0.2, 0) is 0 Å². The second-order valence-corrected chi connectivity index (χ2v) is 4.97. The first-order valence-electron chi connectivity index (χ1n) is 6.47. The van der Waals surface area contributed by atoms with Crippen LogP contribution in [0.1, 0.15) is 38.2 Å². The predicted octanol–water partition coefficient (Wildman–Crippen LogP) is 3.52. The summed E-state index contributed by atoms with van der Waals surface area (Å²) in [4.78, 5) is 0. The fourth-order valence-electron chi connectivity index (χ4n) is 2.35. The first kappa shape index (κ1) is 12.8. The third kappa shape index (κ3) is 2.95. The molecule has 0 radical (unpaired) electrons. The van der Waals surface area contributed by atoms with Gasteiger partial charge in [0.15, 0.2) is 0 Å². The molecule has 1 aliphatic rings. The lowest BCUT2D eigenvalue weighted by Gasteiger charge is -2.27. The van der Waals surface area contributed by atoms with Gasteiger partial charge in [-0.05, 0) is 43.7 Å². The molecule has 2 rings (SSSR count). The van der Waals surface area contributed by atoms with Gasteiger partial charge in [0.2, 0.25) is 0 Å². The fourth-order valence-corrected chi connectivity index (χ4v) is 2.35. The third-order valence-electron chi connectivity index (χ3n) is 3.57. The summed E-state index contributed by atoms with van der Waals surface area (Å²) in [6.07, 6.45) is 4.79. The van der Waals surface area contributed by atoms with Crippen LogP contribution in [-0.4, -0.2) is 13.2 Å². The van der Waals surface area contributed by atoms with Crippen molar-refractivity contribution in [2.75, 3.05) is 7.11 Å². The molecule has 1 aromatic carbocycles. The Hall–Kier alpha value is -1.69. The molecule has 3 heteroatoms. The Morgan fingerprint density at radius 3 is 2.56 bits per heavy atom. The first-order chi connectivity index (χ1) is 8.72. The summed E-state index contributed by atoms with van der Waals surface area (Å²) in [5.41, 5.74) is 0.578. The lowest BCUT2D eigenvalue weighted by atomic mass is 9.89. The molecule has 0 unspecified atom stereocenters. The number of rotatable bonds is 3. The fraction of sp³-hybridized carbons (Fsp3) is 0.533. The van der Waals surface area contributed by atoms with Crippen LogP contribution in [0.3, 0.4) is 0 Å². The van der Waals surface area contributed by atoms with Gasteiger partial charge in [-0.15, -0.1) is 0 Å². The van der Waals surface area contributed by atoms with Crippen LogP contribution < -0.4 is 9.47 Å². The summed E-state index contributed by atoms with van der Waals surface area (Å²) in [6.45, 7) is 2.28. The summed E-state index contributed by atoms with van der Waals surface area (Å²) < 4.78 is 11.1. The normalized spacial score (nSPS) is 23.2. The molecule has 1 aromatic rings. The van der Waals surface area contributed by atoms with Gasteiger partial charge in [0, 0.05) is 6.07 Å². The molecule has 1 aliphatic carbocycles. The first-order valence-corrected chi connectivity index (χ1v) is 6.47. The summed E-state index contributed by atoms with van der Waals surface area (Å²) in [5.74, 6) is 2.18. The van der Waals surface area contributed by atoms with E-state index in [1.54, 1.807) is 25.3 Å². The molecule has 0 amide bonds. The van der Waals surface area contributed by atoms with Crippen LogP contribution in [0.15, 0.2) is 18.2 Å². The number of nitrogens with zero attached hydrogens (tertiary/aromatic N) is 1. The monoisotopic (exact) mass is 245 g/mol. The molecule has 1 saturated carbocycles. The van der Waals surface area contributed by atoms with Gasteiger partial charge in [0.1, 0.15) is 17.6 Å². The number of methoxy groups -OCH3 is 1. The lowest BCUT2D eigenvalue weighted by Crippen LogP contribution is -2.23. The molecular weight excluding hydrogens is 226 g/mol. The van der Waals surface area contributed by atoms with Gasteiger partial charge >= 0.3 is 0 Å². The van der Waals surface area contributed by atoms with E-state index < -0.39 is 0 Å². The van der Waals surface area contributed by atoms with Crippen LogP contribution in [0.2, 0.25) is 0 Å². The van der Waals surface area contributed by atoms with Crippen molar-refractivity contribution in [2.45, 2.75) is 38.7 Å². The quantitative estimate of drug-likeness (QED) is 0.818. The minimum Gasteiger partial charge on any atom is -0.497 e. The van der Waals surface area contributed by atoms with Gasteiger partial charge in [-0.25, -0.2) is 0 Å². The van der Waals surface area contributed by atoms with Crippen molar-refractivity contribution in [3.63, 3.8) is 0 Å². The molecule has 0 bridgehead atoms. The molecule has 0 aromatic heterocycles. The van der Waals surface area contributed by atoms with Crippen LogP contribution >= 0.6 is 0 Å². The minimum atomic E-state index is 0.236. The summed E-state index contributed by atoms with van der Waals surface area (Å²) in [7, 11) is 1.62. The Kier molecular flexibility index (Phi) is 4.09. The van der Waals surface area contributed by atoms with Gasteiger partial charge in [0.05, 0.1) is 18.8 Å². The number of hydrogen-bond donors (Lipinski definition) is 0. The van der Waals surface area contributed by atoms with Crippen molar-refractivity contribution in [3.8, 4) is 17.6 Å². The molecule has 0 aliphatic heterocycles. The number of benzene rings is 1. The summed E-state index contributed by atoms with van der Waals surface area (Å²) >= 11 is 0. The smallest absolute Gasteiger partial charge is 0.141 e. The third-order valence-corrected chi connectivity index (χ3v) is 3.57. The second-order valence-electron chi connectivity index (χ2n) is 4.97. The largest absolute Gasteiger partial charge is 0.497 e. The molecule has 3 nitrogen and oxygen atoms in total. The van der Waals surface area contributed by atoms with Gasteiger partial charge in [-0.2, -0.15) is 5.26 Å². The number of nitriles is 1. The van der Waals surface area contributed by atoms with Crippen LogP contribution in [0.25, 0.3) is 0 Å². The van der Waals surface area contributed by atoms with Crippen molar-refractivity contribution in [2.24, 2.45) is 5.92 Å². The Morgan fingerprint density at radius 1 is 1.22 bits per heavy atom. The zero-order valence-corrected chi connectivity index (χ0v) is 11.0. The summed E-state index contributed by atoms with van der Waals surface area (Å²) in [6, 6.07) is 7.50. The van der Waals surface area contributed by atoms with Crippen molar-refractivity contribution in [3.05, 3.63) is 23.8 Å². The van der Waals surface area contributed by atoms with Gasteiger partial charge in [-0.1, -0.05) is 6.92 Å². The van der Waals surface area contributed by atoms with E-state index in [2.05, 4.69) is 13.0 Å². The molecule has 0 N–H and O–H groups in total. The van der Waals surface area contributed by atoms with Crippen LogP contribution in [0.4, 0.5) is 0 Å². The lowest BCUT2D eigenvalue weighted by molar-refractivity contribution is 0.135. The zero-order chi connectivity index (χ0) is 13.0.